The zero-order chi connectivity index (χ0) is 15.9. The lowest BCUT2D eigenvalue weighted by atomic mass is 10.1. The van der Waals surface area contributed by atoms with Crippen LogP contribution in [0.25, 0.3) is 0 Å². The van der Waals surface area contributed by atoms with Gasteiger partial charge in [0.1, 0.15) is 11.6 Å². The molecule has 0 aromatic heterocycles. The molecule has 0 heterocycles. The van der Waals surface area contributed by atoms with Crippen LogP contribution in [0.3, 0.4) is 0 Å². The van der Waals surface area contributed by atoms with E-state index in [1.165, 1.54) is 12.1 Å². The van der Waals surface area contributed by atoms with Crippen molar-refractivity contribution in [3.63, 3.8) is 0 Å². The van der Waals surface area contributed by atoms with Gasteiger partial charge in [0.15, 0.2) is 0 Å². The largest absolute Gasteiger partial charge is 0.508 e. The minimum absolute atomic E-state index is 0.0207. The number of aliphatic hydroxyl groups excluding tert-OH is 1. The molecule has 0 aliphatic heterocycles. The molecule has 0 radical (unpaired) electrons. The fourth-order valence-corrected chi connectivity index (χ4v) is 2.53. The van der Waals surface area contributed by atoms with Crippen molar-refractivity contribution in [3.05, 3.63) is 65.5 Å². The zero-order valence-electron chi connectivity index (χ0n) is 12.7. The Balaban J connectivity index is 2.16. The summed E-state index contributed by atoms with van der Waals surface area (Å²) in [7, 11) is 0. The van der Waals surface area contributed by atoms with Crippen molar-refractivity contribution in [3.8, 4) is 5.75 Å². The van der Waals surface area contributed by atoms with Crippen molar-refractivity contribution in [2.24, 2.45) is 0 Å². The third-order valence-corrected chi connectivity index (χ3v) is 3.79. The average Bonchev–Trinajstić information content (AvgIpc) is 2.51. The Kier molecular flexibility index (Phi) is 5.92. The van der Waals surface area contributed by atoms with Gasteiger partial charge in [0, 0.05) is 19.1 Å². The first-order chi connectivity index (χ1) is 10.6. The fraction of sp³-hybridized carbons (Fsp3) is 0.333. The third kappa shape index (κ3) is 4.55. The van der Waals surface area contributed by atoms with E-state index in [2.05, 4.69) is 4.90 Å². The monoisotopic (exact) mass is 303 g/mol. The average molecular weight is 303 g/mol. The second kappa shape index (κ2) is 7.92. The summed E-state index contributed by atoms with van der Waals surface area (Å²) in [5.41, 5.74) is 1.97. The highest BCUT2D eigenvalue weighted by Crippen LogP contribution is 2.18. The predicted molar refractivity (Wildman–Crippen MR) is 84.9 cm³/mol. The summed E-state index contributed by atoms with van der Waals surface area (Å²) in [4.78, 5) is 2.14. The van der Waals surface area contributed by atoms with Gasteiger partial charge in [0.05, 0.1) is 6.61 Å². The van der Waals surface area contributed by atoms with E-state index >= 15 is 0 Å². The number of aliphatic hydroxyl groups is 1. The molecular weight excluding hydrogens is 281 g/mol. The molecule has 0 saturated heterocycles. The summed E-state index contributed by atoms with van der Waals surface area (Å²) >= 11 is 0. The first kappa shape index (κ1) is 16.5. The fourth-order valence-electron chi connectivity index (χ4n) is 2.53. The zero-order valence-corrected chi connectivity index (χ0v) is 12.7. The molecule has 1 atom stereocenters. The Morgan fingerprint density at radius 1 is 1.05 bits per heavy atom. The molecule has 2 aromatic rings. The minimum atomic E-state index is -0.252. The van der Waals surface area contributed by atoms with E-state index in [4.69, 9.17) is 0 Å². The van der Waals surface area contributed by atoms with E-state index in [0.29, 0.717) is 13.1 Å². The number of benzene rings is 2. The molecule has 0 aliphatic rings. The molecule has 3 nitrogen and oxygen atoms in total. The Hall–Kier alpha value is -1.91. The van der Waals surface area contributed by atoms with E-state index in [1.807, 2.05) is 13.0 Å². The van der Waals surface area contributed by atoms with Crippen molar-refractivity contribution < 1.29 is 14.6 Å². The van der Waals surface area contributed by atoms with Gasteiger partial charge in [-0.15, -0.1) is 0 Å². The van der Waals surface area contributed by atoms with Crippen LogP contribution in [0.15, 0.2) is 48.5 Å². The molecule has 22 heavy (non-hydrogen) atoms. The lowest BCUT2D eigenvalue weighted by molar-refractivity contribution is 0.106. The van der Waals surface area contributed by atoms with Crippen LogP contribution < -0.4 is 0 Å². The molecular formula is C18H22FNO2. The maximum Gasteiger partial charge on any atom is 0.123 e. The number of phenolic OH excluding ortho intramolecular Hbond substituents is 1. The van der Waals surface area contributed by atoms with Gasteiger partial charge in [-0.25, -0.2) is 4.39 Å². The van der Waals surface area contributed by atoms with Crippen molar-refractivity contribution in [2.45, 2.75) is 32.5 Å². The number of halogens is 1. The second-order valence-electron chi connectivity index (χ2n) is 5.45. The summed E-state index contributed by atoms with van der Waals surface area (Å²) in [6, 6.07) is 13.5. The normalized spacial score (nSPS) is 12.5. The molecule has 0 aliphatic carbocycles. The quantitative estimate of drug-likeness (QED) is 0.825. The molecule has 4 heteroatoms. The Morgan fingerprint density at radius 2 is 1.73 bits per heavy atom. The number of hydrogen-bond donors (Lipinski definition) is 2. The van der Waals surface area contributed by atoms with Crippen molar-refractivity contribution >= 4 is 0 Å². The molecule has 2 N–H and O–H groups in total. The van der Waals surface area contributed by atoms with Crippen LogP contribution in [-0.4, -0.2) is 27.8 Å². The van der Waals surface area contributed by atoms with E-state index in [1.54, 1.807) is 30.3 Å². The lowest BCUT2D eigenvalue weighted by Crippen LogP contribution is -2.36. The highest BCUT2D eigenvalue weighted by Gasteiger charge is 2.17. The van der Waals surface area contributed by atoms with Gasteiger partial charge < -0.3 is 10.2 Å². The molecule has 2 aromatic carbocycles. The number of hydrogen-bond acceptors (Lipinski definition) is 3. The van der Waals surface area contributed by atoms with Gasteiger partial charge >= 0.3 is 0 Å². The highest BCUT2D eigenvalue weighted by atomic mass is 19.1. The highest BCUT2D eigenvalue weighted by molar-refractivity contribution is 5.27. The first-order valence-corrected chi connectivity index (χ1v) is 7.49. The van der Waals surface area contributed by atoms with Crippen LogP contribution in [0.2, 0.25) is 0 Å². The van der Waals surface area contributed by atoms with Crippen LogP contribution in [0.1, 0.15) is 24.5 Å². The van der Waals surface area contributed by atoms with Gasteiger partial charge in [-0.05, 0) is 41.8 Å². The predicted octanol–water partition coefficient (Wildman–Crippen LogP) is 3.30. The summed E-state index contributed by atoms with van der Waals surface area (Å²) in [5, 5.41) is 19.2. The van der Waals surface area contributed by atoms with Crippen molar-refractivity contribution in [1.29, 1.82) is 0 Å². The SMILES string of the molecule is CCC(CO)N(Cc1ccc(F)cc1)Cc1cccc(O)c1. The van der Waals surface area contributed by atoms with Crippen LogP contribution in [0.4, 0.5) is 4.39 Å². The maximum atomic E-state index is 13.0. The van der Waals surface area contributed by atoms with Gasteiger partial charge in [-0.1, -0.05) is 31.2 Å². The summed E-state index contributed by atoms with van der Waals surface area (Å²) in [5.74, 6) is -0.0197. The molecule has 118 valence electrons. The third-order valence-electron chi connectivity index (χ3n) is 3.79. The van der Waals surface area contributed by atoms with E-state index < -0.39 is 0 Å². The van der Waals surface area contributed by atoms with Gasteiger partial charge in [-0.3, -0.25) is 4.90 Å². The van der Waals surface area contributed by atoms with Crippen LogP contribution in [-0.2, 0) is 13.1 Å². The van der Waals surface area contributed by atoms with Gasteiger partial charge in [-0.2, -0.15) is 0 Å². The van der Waals surface area contributed by atoms with Crippen molar-refractivity contribution in [2.75, 3.05) is 6.61 Å². The number of nitrogens with zero attached hydrogens (tertiary/aromatic N) is 1. The molecule has 1 unspecified atom stereocenters. The smallest absolute Gasteiger partial charge is 0.123 e. The van der Waals surface area contributed by atoms with E-state index in [9.17, 15) is 14.6 Å². The standard InChI is InChI=1S/C18H22FNO2/c1-2-17(13-21)20(11-14-6-8-16(19)9-7-14)12-15-4-3-5-18(22)10-15/h3-10,17,21-22H,2,11-13H2,1H3. The Labute approximate surface area is 130 Å². The van der Waals surface area contributed by atoms with E-state index in [-0.39, 0.29) is 24.2 Å². The Bertz CT molecular complexity index is 582. The summed E-state index contributed by atoms with van der Waals surface area (Å²) in [6.45, 7) is 3.33. The minimum Gasteiger partial charge on any atom is -0.508 e. The molecule has 0 fully saturated rings. The van der Waals surface area contributed by atoms with E-state index in [0.717, 1.165) is 17.5 Å². The number of aromatic hydroxyl groups is 1. The van der Waals surface area contributed by atoms with Crippen LogP contribution in [0.5, 0.6) is 5.75 Å². The van der Waals surface area contributed by atoms with Gasteiger partial charge in [0.25, 0.3) is 0 Å². The number of rotatable bonds is 7. The van der Waals surface area contributed by atoms with Crippen LogP contribution >= 0.6 is 0 Å². The second-order valence-corrected chi connectivity index (χ2v) is 5.45. The molecule has 0 bridgehead atoms. The lowest BCUT2D eigenvalue weighted by Gasteiger charge is -2.30. The summed E-state index contributed by atoms with van der Waals surface area (Å²) in [6.07, 6.45) is 0.816. The summed E-state index contributed by atoms with van der Waals surface area (Å²) < 4.78 is 13.0. The Morgan fingerprint density at radius 3 is 2.32 bits per heavy atom. The molecule has 0 spiro atoms. The molecule has 0 amide bonds. The first-order valence-electron chi connectivity index (χ1n) is 7.49. The maximum absolute atomic E-state index is 13.0. The molecule has 0 saturated carbocycles. The van der Waals surface area contributed by atoms with Gasteiger partial charge in [0.2, 0.25) is 0 Å². The topological polar surface area (TPSA) is 43.7 Å². The number of phenols is 1. The van der Waals surface area contributed by atoms with Crippen LogP contribution in [0, 0.1) is 5.82 Å². The van der Waals surface area contributed by atoms with Crippen molar-refractivity contribution in [1.82, 2.24) is 4.90 Å². The molecule has 2 rings (SSSR count).